The molecule has 0 saturated heterocycles. The Balaban J connectivity index is 1.84. The van der Waals surface area contributed by atoms with Crippen LogP contribution >= 0.6 is 0 Å². The van der Waals surface area contributed by atoms with Crippen LogP contribution < -0.4 is 4.74 Å². The molecule has 1 atom stereocenters. The predicted octanol–water partition coefficient (Wildman–Crippen LogP) is 4.78. The molecule has 2 aliphatic rings. The molecule has 0 amide bonds. The molecule has 0 fully saturated rings. The van der Waals surface area contributed by atoms with Crippen molar-refractivity contribution < 1.29 is 4.74 Å². The van der Waals surface area contributed by atoms with Crippen LogP contribution in [0.1, 0.15) is 50.2 Å². The van der Waals surface area contributed by atoms with E-state index in [1.54, 1.807) is 0 Å². The van der Waals surface area contributed by atoms with Crippen LogP contribution in [0.3, 0.4) is 0 Å². The Morgan fingerprint density at radius 3 is 2.84 bits per heavy atom. The van der Waals surface area contributed by atoms with Crippen LogP contribution in [0, 0.1) is 0 Å². The van der Waals surface area contributed by atoms with Crippen molar-refractivity contribution in [1.82, 2.24) is 0 Å². The van der Waals surface area contributed by atoms with E-state index < -0.39 is 0 Å². The quantitative estimate of drug-likeness (QED) is 0.738. The Hall–Kier alpha value is -1.50. The SMILES string of the molecule is CC(C)c1ccc2c(c1)OC(C1=CCCC=C1)CC2. The molecule has 0 spiro atoms. The van der Waals surface area contributed by atoms with E-state index in [0.29, 0.717) is 5.92 Å². The van der Waals surface area contributed by atoms with Crippen molar-refractivity contribution >= 4 is 0 Å². The van der Waals surface area contributed by atoms with Gasteiger partial charge in [0.05, 0.1) is 0 Å². The maximum Gasteiger partial charge on any atom is 0.124 e. The summed E-state index contributed by atoms with van der Waals surface area (Å²) in [6.45, 7) is 4.46. The van der Waals surface area contributed by atoms with Crippen LogP contribution in [0.4, 0.5) is 0 Å². The minimum atomic E-state index is 0.256. The Labute approximate surface area is 116 Å². The van der Waals surface area contributed by atoms with Gasteiger partial charge in [-0.25, -0.2) is 0 Å². The lowest BCUT2D eigenvalue weighted by Gasteiger charge is -2.28. The van der Waals surface area contributed by atoms with Crippen LogP contribution in [0.5, 0.6) is 5.75 Å². The van der Waals surface area contributed by atoms with Gasteiger partial charge in [0.25, 0.3) is 0 Å². The molecule has 1 heteroatoms. The fourth-order valence-electron chi connectivity index (χ4n) is 2.85. The number of aryl methyl sites for hydroxylation is 1. The molecule has 1 unspecified atom stereocenters. The molecule has 0 N–H and O–H groups in total. The number of benzene rings is 1. The molecule has 0 bridgehead atoms. The van der Waals surface area contributed by atoms with Crippen molar-refractivity contribution in [2.75, 3.05) is 0 Å². The van der Waals surface area contributed by atoms with Crippen molar-refractivity contribution in [2.24, 2.45) is 0 Å². The molecule has 1 aromatic rings. The van der Waals surface area contributed by atoms with Crippen LogP contribution in [0.2, 0.25) is 0 Å². The highest BCUT2D eigenvalue weighted by atomic mass is 16.5. The molecule has 19 heavy (non-hydrogen) atoms. The number of allylic oxidation sites excluding steroid dienone is 2. The van der Waals surface area contributed by atoms with Crippen molar-refractivity contribution in [1.29, 1.82) is 0 Å². The van der Waals surface area contributed by atoms with Crippen molar-refractivity contribution in [3.63, 3.8) is 0 Å². The van der Waals surface area contributed by atoms with Crippen molar-refractivity contribution in [3.8, 4) is 5.75 Å². The van der Waals surface area contributed by atoms with E-state index in [1.807, 2.05) is 0 Å². The van der Waals surface area contributed by atoms with Crippen LogP contribution in [-0.4, -0.2) is 6.10 Å². The van der Waals surface area contributed by atoms with Gasteiger partial charge in [0.2, 0.25) is 0 Å². The van der Waals surface area contributed by atoms with Gasteiger partial charge in [-0.3, -0.25) is 0 Å². The molecule has 1 aliphatic carbocycles. The van der Waals surface area contributed by atoms with Gasteiger partial charge in [0, 0.05) is 0 Å². The molecule has 3 rings (SSSR count). The second-order valence-corrected chi connectivity index (χ2v) is 5.85. The van der Waals surface area contributed by atoms with Gasteiger partial charge in [-0.1, -0.05) is 44.2 Å². The van der Waals surface area contributed by atoms with Crippen LogP contribution in [0.15, 0.2) is 42.0 Å². The second-order valence-electron chi connectivity index (χ2n) is 5.85. The van der Waals surface area contributed by atoms with Crippen molar-refractivity contribution in [3.05, 3.63) is 53.1 Å². The lowest BCUT2D eigenvalue weighted by molar-refractivity contribution is 0.210. The van der Waals surface area contributed by atoms with E-state index >= 15 is 0 Å². The molecular weight excluding hydrogens is 232 g/mol. The fourth-order valence-corrected chi connectivity index (χ4v) is 2.85. The largest absolute Gasteiger partial charge is 0.485 e. The molecule has 0 radical (unpaired) electrons. The predicted molar refractivity (Wildman–Crippen MR) is 79.7 cm³/mol. The summed E-state index contributed by atoms with van der Waals surface area (Å²) in [5.74, 6) is 1.66. The van der Waals surface area contributed by atoms with E-state index in [0.717, 1.165) is 25.0 Å². The summed E-state index contributed by atoms with van der Waals surface area (Å²) in [6.07, 6.45) is 11.7. The van der Waals surface area contributed by atoms with Crippen LogP contribution in [0.25, 0.3) is 0 Å². The average molecular weight is 254 g/mol. The highest BCUT2D eigenvalue weighted by Crippen LogP contribution is 2.33. The monoisotopic (exact) mass is 254 g/mol. The molecule has 1 heterocycles. The molecular formula is C18H22O. The summed E-state index contributed by atoms with van der Waals surface area (Å²) >= 11 is 0. The van der Waals surface area contributed by atoms with E-state index in [2.05, 4.69) is 50.3 Å². The highest BCUT2D eigenvalue weighted by Gasteiger charge is 2.22. The highest BCUT2D eigenvalue weighted by molar-refractivity contribution is 5.42. The van der Waals surface area contributed by atoms with Crippen molar-refractivity contribution in [2.45, 2.75) is 51.6 Å². The lowest BCUT2D eigenvalue weighted by atomic mass is 9.92. The number of ether oxygens (including phenoxy) is 1. The minimum absolute atomic E-state index is 0.256. The summed E-state index contributed by atoms with van der Waals surface area (Å²) in [5.41, 5.74) is 4.10. The Morgan fingerprint density at radius 1 is 1.21 bits per heavy atom. The maximum absolute atomic E-state index is 6.24. The molecule has 1 aromatic carbocycles. The number of hydrogen-bond acceptors (Lipinski definition) is 1. The Bertz CT molecular complexity index is 522. The van der Waals surface area contributed by atoms with Gasteiger partial charge >= 0.3 is 0 Å². The van der Waals surface area contributed by atoms with E-state index in [1.165, 1.54) is 23.1 Å². The zero-order chi connectivity index (χ0) is 13.2. The number of hydrogen-bond donors (Lipinski definition) is 0. The zero-order valence-electron chi connectivity index (χ0n) is 11.9. The molecule has 100 valence electrons. The van der Waals surface area contributed by atoms with E-state index in [9.17, 15) is 0 Å². The topological polar surface area (TPSA) is 9.23 Å². The summed E-state index contributed by atoms with van der Waals surface area (Å²) in [5, 5.41) is 0. The first-order chi connectivity index (χ1) is 9.24. The third-order valence-electron chi connectivity index (χ3n) is 4.10. The third kappa shape index (κ3) is 2.60. The fraction of sp³-hybridized carbons (Fsp3) is 0.444. The lowest BCUT2D eigenvalue weighted by Crippen LogP contribution is -2.24. The number of fused-ring (bicyclic) bond motifs is 1. The van der Waals surface area contributed by atoms with E-state index in [-0.39, 0.29) is 6.10 Å². The standard InChI is InChI=1S/C18H22O/c1-13(2)16-9-8-15-10-11-17(19-18(15)12-16)14-6-4-3-5-7-14/h4,6-9,12-13,17H,3,5,10-11H2,1-2H3. The first kappa shape index (κ1) is 12.5. The normalized spacial score (nSPS) is 21.8. The Morgan fingerprint density at radius 2 is 2.11 bits per heavy atom. The van der Waals surface area contributed by atoms with Gasteiger partial charge in [-0.2, -0.15) is 0 Å². The third-order valence-corrected chi connectivity index (χ3v) is 4.10. The van der Waals surface area contributed by atoms with Gasteiger partial charge in [0.1, 0.15) is 11.9 Å². The summed E-state index contributed by atoms with van der Waals surface area (Å²) in [6, 6.07) is 6.72. The second kappa shape index (κ2) is 5.24. The minimum Gasteiger partial charge on any atom is -0.485 e. The smallest absolute Gasteiger partial charge is 0.124 e. The number of rotatable bonds is 2. The summed E-state index contributed by atoms with van der Waals surface area (Å²) < 4.78 is 6.24. The molecule has 0 saturated carbocycles. The zero-order valence-corrected chi connectivity index (χ0v) is 11.9. The van der Waals surface area contributed by atoms with Gasteiger partial charge in [-0.05, 0) is 54.4 Å². The molecule has 1 nitrogen and oxygen atoms in total. The van der Waals surface area contributed by atoms with E-state index in [4.69, 9.17) is 4.74 Å². The first-order valence-corrected chi connectivity index (χ1v) is 7.40. The van der Waals surface area contributed by atoms with Gasteiger partial charge in [0.15, 0.2) is 0 Å². The molecule has 1 aliphatic heterocycles. The molecule has 0 aromatic heterocycles. The summed E-state index contributed by atoms with van der Waals surface area (Å²) in [7, 11) is 0. The Kier molecular flexibility index (Phi) is 3.46. The first-order valence-electron chi connectivity index (χ1n) is 7.40. The van der Waals surface area contributed by atoms with Gasteiger partial charge < -0.3 is 4.74 Å². The van der Waals surface area contributed by atoms with Crippen LogP contribution in [-0.2, 0) is 6.42 Å². The maximum atomic E-state index is 6.24. The average Bonchev–Trinajstić information content (AvgIpc) is 2.47. The summed E-state index contributed by atoms with van der Waals surface area (Å²) in [4.78, 5) is 0. The van der Waals surface area contributed by atoms with Gasteiger partial charge in [-0.15, -0.1) is 0 Å².